The van der Waals surface area contributed by atoms with E-state index < -0.39 is 5.91 Å². The van der Waals surface area contributed by atoms with Crippen molar-refractivity contribution >= 4 is 22.8 Å². The Labute approximate surface area is 104 Å². The summed E-state index contributed by atoms with van der Waals surface area (Å²) < 4.78 is 5.31. The van der Waals surface area contributed by atoms with Crippen LogP contribution in [0.4, 0.5) is 0 Å². The van der Waals surface area contributed by atoms with Gasteiger partial charge in [-0.05, 0) is 23.6 Å². The lowest BCUT2D eigenvalue weighted by molar-refractivity contribution is 0.100. The average Bonchev–Trinajstić information content (AvgIpc) is 2.70. The molecule has 1 aromatic carbocycles. The highest BCUT2D eigenvalue weighted by Crippen LogP contribution is 2.26. The van der Waals surface area contributed by atoms with Crippen molar-refractivity contribution in [1.29, 1.82) is 0 Å². The van der Waals surface area contributed by atoms with Crippen molar-refractivity contribution in [2.24, 2.45) is 16.5 Å². The molecule has 18 heavy (non-hydrogen) atoms. The van der Waals surface area contributed by atoms with Gasteiger partial charge in [0.2, 0.25) is 0 Å². The second kappa shape index (κ2) is 4.52. The molecule has 2 rings (SSSR count). The Morgan fingerprint density at radius 3 is 2.67 bits per heavy atom. The molecule has 0 fully saturated rings. The van der Waals surface area contributed by atoms with E-state index in [0.29, 0.717) is 17.1 Å². The Morgan fingerprint density at radius 2 is 2.06 bits per heavy atom. The fraction of sp³-hybridized carbons (Fsp3) is 0.231. The molecule has 4 N–H and O–H groups in total. The normalized spacial score (nSPS) is 10.8. The van der Waals surface area contributed by atoms with Crippen molar-refractivity contribution in [3.8, 4) is 0 Å². The molecule has 0 saturated heterocycles. The van der Waals surface area contributed by atoms with Gasteiger partial charge in [0.05, 0.1) is 5.56 Å². The topological polar surface area (TPSA) is 94.6 Å². The Hall–Kier alpha value is -2.30. The fourth-order valence-electron chi connectivity index (χ4n) is 1.75. The van der Waals surface area contributed by atoms with Crippen LogP contribution in [0.25, 0.3) is 11.0 Å². The number of guanidine groups is 1. The summed E-state index contributed by atoms with van der Waals surface area (Å²) in [5.41, 5.74) is 12.5. The summed E-state index contributed by atoms with van der Waals surface area (Å²) in [5.74, 6) is -0.376. The molecular formula is C13H15N3O2. The van der Waals surface area contributed by atoms with E-state index in [2.05, 4.69) is 18.8 Å². The molecule has 2 aromatic rings. The van der Waals surface area contributed by atoms with Crippen molar-refractivity contribution in [3.63, 3.8) is 0 Å². The van der Waals surface area contributed by atoms with Gasteiger partial charge in [0.25, 0.3) is 5.91 Å². The molecular weight excluding hydrogens is 230 g/mol. The molecule has 1 heterocycles. The molecule has 0 aliphatic heterocycles. The van der Waals surface area contributed by atoms with Gasteiger partial charge in [-0.1, -0.05) is 19.9 Å². The second-order valence-electron chi connectivity index (χ2n) is 4.40. The lowest BCUT2D eigenvalue weighted by atomic mass is 10.0. The van der Waals surface area contributed by atoms with Gasteiger partial charge < -0.3 is 15.9 Å². The molecule has 94 valence electrons. The number of carbonyl (C=O) groups excluding carboxylic acids is 1. The number of hydrogen-bond acceptors (Lipinski definition) is 2. The molecule has 0 radical (unpaired) electrons. The van der Waals surface area contributed by atoms with Crippen LogP contribution in [0.15, 0.2) is 33.9 Å². The molecule has 0 atom stereocenters. The van der Waals surface area contributed by atoms with Crippen LogP contribution < -0.4 is 11.5 Å². The van der Waals surface area contributed by atoms with Gasteiger partial charge >= 0.3 is 0 Å². The fourth-order valence-corrected chi connectivity index (χ4v) is 1.75. The summed E-state index contributed by atoms with van der Waals surface area (Å²) in [6.45, 7) is 4.16. The standard InChI is InChI=1S/C13H15N3O2/c1-7(2)8-3-4-11-9(5-8)10(6-18-11)12(17)16-13(14)15/h3-7H,1-2H3,(H4,14,15,16,17). The molecule has 1 aromatic heterocycles. The summed E-state index contributed by atoms with van der Waals surface area (Å²) in [6.07, 6.45) is 1.38. The molecule has 5 heteroatoms. The van der Waals surface area contributed by atoms with Crippen LogP contribution in [0.5, 0.6) is 0 Å². The zero-order chi connectivity index (χ0) is 13.3. The Morgan fingerprint density at radius 1 is 1.33 bits per heavy atom. The van der Waals surface area contributed by atoms with E-state index in [1.165, 1.54) is 6.26 Å². The molecule has 0 aliphatic rings. The van der Waals surface area contributed by atoms with Crippen molar-refractivity contribution in [3.05, 3.63) is 35.6 Å². The SMILES string of the molecule is CC(C)c1ccc2occ(C(=O)N=C(N)N)c2c1. The van der Waals surface area contributed by atoms with Crippen molar-refractivity contribution in [2.75, 3.05) is 0 Å². The number of benzene rings is 1. The maximum atomic E-state index is 11.8. The molecule has 1 amide bonds. The van der Waals surface area contributed by atoms with Crippen LogP contribution in [0.3, 0.4) is 0 Å². The molecule has 0 saturated carbocycles. The summed E-state index contributed by atoms with van der Waals surface area (Å²) >= 11 is 0. The Bertz CT molecular complexity index is 622. The molecule has 0 spiro atoms. The van der Waals surface area contributed by atoms with Gasteiger partial charge in [-0.15, -0.1) is 0 Å². The predicted molar refractivity (Wildman–Crippen MR) is 70.4 cm³/mol. The first kappa shape index (κ1) is 12.2. The van der Waals surface area contributed by atoms with E-state index in [0.717, 1.165) is 10.9 Å². The summed E-state index contributed by atoms with van der Waals surface area (Å²) in [6, 6.07) is 5.75. The van der Waals surface area contributed by atoms with Crippen LogP contribution in [-0.4, -0.2) is 11.9 Å². The van der Waals surface area contributed by atoms with Crippen LogP contribution in [0, 0.1) is 0 Å². The van der Waals surface area contributed by atoms with Gasteiger partial charge in [-0.25, -0.2) is 0 Å². The van der Waals surface area contributed by atoms with Crippen LogP contribution in [0.1, 0.15) is 35.7 Å². The zero-order valence-corrected chi connectivity index (χ0v) is 10.3. The number of nitrogens with two attached hydrogens (primary N) is 2. The third-order valence-corrected chi connectivity index (χ3v) is 2.73. The van der Waals surface area contributed by atoms with Gasteiger partial charge in [0.1, 0.15) is 11.8 Å². The van der Waals surface area contributed by atoms with E-state index in [1.807, 2.05) is 18.2 Å². The van der Waals surface area contributed by atoms with Crippen molar-refractivity contribution in [1.82, 2.24) is 0 Å². The minimum absolute atomic E-state index is 0.255. The largest absolute Gasteiger partial charge is 0.463 e. The Kier molecular flexibility index (Phi) is 3.06. The lowest BCUT2D eigenvalue weighted by Gasteiger charge is -2.04. The number of amides is 1. The van der Waals surface area contributed by atoms with Crippen molar-refractivity contribution < 1.29 is 9.21 Å². The first-order chi connectivity index (χ1) is 8.49. The third-order valence-electron chi connectivity index (χ3n) is 2.73. The van der Waals surface area contributed by atoms with Crippen molar-refractivity contribution in [2.45, 2.75) is 19.8 Å². The number of carbonyl (C=O) groups is 1. The van der Waals surface area contributed by atoms with Gasteiger partial charge in [-0.2, -0.15) is 4.99 Å². The van der Waals surface area contributed by atoms with E-state index in [4.69, 9.17) is 15.9 Å². The summed E-state index contributed by atoms with van der Waals surface area (Å²) in [4.78, 5) is 15.3. The quantitative estimate of drug-likeness (QED) is 0.624. The second-order valence-corrected chi connectivity index (χ2v) is 4.40. The highest BCUT2D eigenvalue weighted by molar-refractivity contribution is 6.09. The highest BCUT2D eigenvalue weighted by Gasteiger charge is 2.14. The molecule has 0 bridgehead atoms. The van der Waals surface area contributed by atoms with Crippen LogP contribution in [-0.2, 0) is 0 Å². The number of rotatable bonds is 2. The monoisotopic (exact) mass is 245 g/mol. The average molecular weight is 245 g/mol. The lowest BCUT2D eigenvalue weighted by Crippen LogP contribution is -2.24. The predicted octanol–water partition coefficient (Wildman–Crippen LogP) is 1.97. The summed E-state index contributed by atoms with van der Waals surface area (Å²) in [5, 5.41) is 0.733. The minimum Gasteiger partial charge on any atom is -0.463 e. The number of fused-ring (bicyclic) bond motifs is 1. The third kappa shape index (κ3) is 2.20. The Balaban J connectivity index is 2.55. The van der Waals surface area contributed by atoms with E-state index in [1.54, 1.807) is 0 Å². The first-order valence-corrected chi connectivity index (χ1v) is 5.64. The highest BCUT2D eigenvalue weighted by atomic mass is 16.3. The maximum Gasteiger partial charge on any atom is 0.284 e. The number of aliphatic imine (C=N–C) groups is 1. The van der Waals surface area contributed by atoms with E-state index in [9.17, 15) is 4.79 Å². The van der Waals surface area contributed by atoms with E-state index in [-0.39, 0.29) is 5.96 Å². The zero-order valence-electron chi connectivity index (χ0n) is 10.3. The maximum absolute atomic E-state index is 11.8. The number of hydrogen-bond donors (Lipinski definition) is 2. The van der Waals surface area contributed by atoms with Gasteiger partial charge in [0.15, 0.2) is 5.96 Å². The molecule has 0 aliphatic carbocycles. The van der Waals surface area contributed by atoms with E-state index >= 15 is 0 Å². The minimum atomic E-state index is -0.491. The van der Waals surface area contributed by atoms with Gasteiger partial charge in [0, 0.05) is 5.39 Å². The number of furan rings is 1. The first-order valence-electron chi connectivity index (χ1n) is 5.64. The molecule has 0 unspecified atom stereocenters. The number of nitrogens with zero attached hydrogens (tertiary/aromatic N) is 1. The summed E-state index contributed by atoms with van der Waals surface area (Å²) in [7, 11) is 0. The smallest absolute Gasteiger partial charge is 0.284 e. The van der Waals surface area contributed by atoms with Crippen LogP contribution >= 0.6 is 0 Å². The van der Waals surface area contributed by atoms with Gasteiger partial charge in [-0.3, -0.25) is 4.79 Å². The molecule has 5 nitrogen and oxygen atoms in total. The van der Waals surface area contributed by atoms with Crippen LogP contribution in [0.2, 0.25) is 0 Å².